The summed E-state index contributed by atoms with van der Waals surface area (Å²) in [6, 6.07) is 7.84. The summed E-state index contributed by atoms with van der Waals surface area (Å²) in [4.78, 5) is 27.4. The molecule has 0 radical (unpaired) electrons. The molecule has 2 amide bonds. The summed E-state index contributed by atoms with van der Waals surface area (Å²) in [5, 5.41) is 3.43. The molecule has 0 unspecified atom stereocenters. The highest BCUT2D eigenvalue weighted by atomic mass is 16.2. The van der Waals surface area contributed by atoms with E-state index in [0.717, 1.165) is 22.8 Å². The molecule has 4 heterocycles. The van der Waals surface area contributed by atoms with Gasteiger partial charge >= 0.3 is 6.03 Å². The Hall–Kier alpha value is -4.31. The molecule has 0 fully saturated rings. The number of likely N-dealkylation sites (N-methyl/N-ethyl adjacent to an activating group) is 1. The maximum absolute atomic E-state index is 13.2. The van der Waals surface area contributed by atoms with Gasteiger partial charge in [-0.05, 0) is 31.2 Å². The second-order valence-corrected chi connectivity index (χ2v) is 7.58. The summed E-state index contributed by atoms with van der Waals surface area (Å²) in [6.07, 6.45) is 23.9. The molecule has 2 aliphatic rings. The Bertz CT molecular complexity index is 1060. The minimum atomic E-state index is -0.0409. The van der Waals surface area contributed by atoms with E-state index in [9.17, 15) is 4.79 Å². The molecule has 0 saturated heterocycles. The van der Waals surface area contributed by atoms with Gasteiger partial charge in [0.25, 0.3) is 0 Å². The molecular weight excluding hydrogens is 424 g/mol. The molecule has 0 aromatic carbocycles. The predicted octanol–water partition coefficient (Wildman–Crippen LogP) is 4.11. The van der Waals surface area contributed by atoms with E-state index in [-0.39, 0.29) is 6.03 Å². The zero-order valence-corrected chi connectivity index (χ0v) is 19.6. The van der Waals surface area contributed by atoms with Crippen LogP contribution in [0.25, 0.3) is 0 Å². The van der Waals surface area contributed by atoms with Crippen LogP contribution >= 0.6 is 0 Å². The van der Waals surface area contributed by atoms with Crippen LogP contribution in [0.5, 0.6) is 0 Å². The van der Waals surface area contributed by atoms with Crippen LogP contribution in [0.3, 0.4) is 0 Å². The average molecular weight is 455 g/mol. The van der Waals surface area contributed by atoms with Gasteiger partial charge in [0, 0.05) is 44.6 Å². The third-order valence-electron chi connectivity index (χ3n) is 5.13. The third kappa shape index (κ3) is 6.36. The Labute approximate surface area is 201 Å². The standard InChI is InChI=1S/C24H26N6O.C3H4/c1-28-15-4-2-3-5-16-29(24(28)31)23-20(9-6-14-27-23)19-30(21-10-7-12-25-17-21)22-11-8-13-26-18-22;1-3-2/h2-13,17-18,27H,14-16,19H2,1H3;1H,2H3/b4-2-,5-3-;. The van der Waals surface area contributed by atoms with Crippen molar-refractivity contribution in [2.45, 2.75) is 6.92 Å². The van der Waals surface area contributed by atoms with Gasteiger partial charge in [0.1, 0.15) is 5.82 Å². The van der Waals surface area contributed by atoms with Gasteiger partial charge in [0.15, 0.2) is 0 Å². The number of anilines is 2. The fourth-order valence-electron chi connectivity index (χ4n) is 3.57. The van der Waals surface area contributed by atoms with Crippen molar-refractivity contribution in [3.8, 4) is 12.3 Å². The quantitative estimate of drug-likeness (QED) is 0.689. The van der Waals surface area contributed by atoms with E-state index in [1.54, 1.807) is 29.1 Å². The van der Waals surface area contributed by atoms with Crippen LogP contribution in [0.1, 0.15) is 6.92 Å². The van der Waals surface area contributed by atoms with Gasteiger partial charge in [0.2, 0.25) is 0 Å². The molecule has 2 aromatic heterocycles. The first-order valence-electron chi connectivity index (χ1n) is 11.1. The molecule has 7 nitrogen and oxygen atoms in total. The maximum atomic E-state index is 13.2. The Kier molecular flexibility index (Phi) is 9.06. The largest absolute Gasteiger partial charge is 0.368 e. The number of carbonyl (C=O) groups is 1. The second-order valence-electron chi connectivity index (χ2n) is 7.58. The molecule has 0 spiro atoms. The highest BCUT2D eigenvalue weighted by Gasteiger charge is 2.25. The molecule has 0 aliphatic carbocycles. The minimum Gasteiger partial charge on any atom is -0.368 e. The van der Waals surface area contributed by atoms with Crippen LogP contribution in [0.2, 0.25) is 0 Å². The number of nitrogens with zero attached hydrogens (tertiary/aromatic N) is 5. The fourth-order valence-corrected chi connectivity index (χ4v) is 3.57. The smallest absolute Gasteiger partial charge is 0.325 e. The van der Waals surface area contributed by atoms with Crippen molar-refractivity contribution in [1.82, 2.24) is 25.1 Å². The summed E-state index contributed by atoms with van der Waals surface area (Å²) in [5.41, 5.74) is 2.93. The zero-order chi connectivity index (χ0) is 24.2. The van der Waals surface area contributed by atoms with E-state index in [2.05, 4.69) is 44.7 Å². The number of rotatable bonds is 5. The first kappa shape index (κ1) is 24.3. The van der Waals surface area contributed by atoms with Crippen LogP contribution in [0.15, 0.2) is 96.9 Å². The Morgan fingerprint density at radius 3 is 2.26 bits per heavy atom. The molecule has 0 saturated carbocycles. The van der Waals surface area contributed by atoms with Crippen molar-refractivity contribution in [3.05, 3.63) is 96.9 Å². The number of amides is 2. The van der Waals surface area contributed by atoms with Crippen molar-refractivity contribution in [2.75, 3.05) is 38.1 Å². The second kappa shape index (κ2) is 12.7. The first-order chi connectivity index (χ1) is 16.7. The van der Waals surface area contributed by atoms with Crippen molar-refractivity contribution < 1.29 is 4.79 Å². The molecule has 0 bridgehead atoms. The van der Waals surface area contributed by atoms with Crippen molar-refractivity contribution >= 4 is 17.4 Å². The van der Waals surface area contributed by atoms with Crippen LogP contribution in [0, 0.1) is 12.3 Å². The summed E-state index contributed by atoms with van der Waals surface area (Å²) >= 11 is 0. The SMILES string of the molecule is C#CC.CN1C/C=C\C=C/CN(C2=C(CN(c3cccnc3)c3cccnc3)C=CCN2)C1=O. The number of terminal acetylenes is 1. The lowest BCUT2D eigenvalue weighted by Crippen LogP contribution is -2.46. The van der Waals surface area contributed by atoms with Crippen LogP contribution in [-0.2, 0) is 0 Å². The Morgan fingerprint density at radius 1 is 1.06 bits per heavy atom. The lowest BCUT2D eigenvalue weighted by Gasteiger charge is -2.33. The van der Waals surface area contributed by atoms with E-state index in [1.165, 1.54) is 0 Å². The number of aromatic nitrogens is 2. The van der Waals surface area contributed by atoms with E-state index < -0.39 is 0 Å². The zero-order valence-electron chi connectivity index (χ0n) is 19.6. The average Bonchev–Trinajstić information content (AvgIpc) is 2.95. The molecule has 4 rings (SSSR count). The molecule has 7 heteroatoms. The molecular formula is C27H30N6O. The monoisotopic (exact) mass is 454 g/mol. The summed E-state index contributed by atoms with van der Waals surface area (Å²) < 4.78 is 0. The minimum absolute atomic E-state index is 0.0409. The normalized spacial score (nSPS) is 17.3. The maximum Gasteiger partial charge on any atom is 0.325 e. The lowest BCUT2D eigenvalue weighted by molar-refractivity contribution is 0.181. The van der Waals surface area contributed by atoms with Gasteiger partial charge in [-0.15, -0.1) is 12.3 Å². The number of carbonyl (C=O) groups excluding carboxylic acids is 1. The van der Waals surface area contributed by atoms with E-state index in [1.807, 2.05) is 68.0 Å². The number of dihydropyridines is 1. The topological polar surface area (TPSA) is 64.6 Å². The van der Waals surface area contributed by atoms with Crippen molar-refractivity contribution in [1.29, 1.82) is 0 Å². The highest BCUT2D eigenvalue weighted by molar-refractivity contribution is 5.77. The number of allylic oxidation sites excluding steroid dienone is 2. The van der Waals surface area contributed by atoms with Crippen LogP contribution < -0.4 is 10.2 Å². The molecule has 0 atom stereocenters. The number of urea groups is 1. The fraction of sp³-hybridized carbons (Fsp3) is 0.222. The van der Waals surface area contributed by atoms with E-state index in [4.69, 9.17) is 0 Å². The van der Waals surface area contributed by atoms with Gasteiger partial charge in [-0.2, -0.15) is 0 Å². The summed E-state index contributed by atoms with van der Waals surface area (Å²) in [5.74, 6) is 3.07. The highest BCUT2D eigenvalue weighted by Crippen LogP contribution is 2.27. The Balaban J connectivity index is 0.00000103. The van der Waals surface area contributed by atoms with Crippen molar-refractivity contribution in [3.63, 3.8) is 0 Å². The number of nitrogens with one attached hydrogen (secondary N) is 1. The van der Waals surface area contributed by atoms with Gasteiger partial charge in [-0.3, -0.25) is 14.9 Å². The summed E-state index contributed by atoms with van der Waals surface area (Å²) in [7, 11) is 1.82. The molecule has 1 N–H and O–H groups in total. The Morgan fingerprint density at radius 2 is 1.68 bits per heavy atom. The molecule has 174 valence electrons. The number of pyridine rings is 2. The molecule has 34 heavy (non-hydrogen) atoms. The van der Waals surface area contributed by atoms with Crippen molar-refractivity contribution in [2.24, 2.45) is 0 Å². The lowest BCUT2D eigenvalue weighted by atomic mass is 10.1. The number of hydrogen-bond donors (Lipinski definition) is 1. The van der Waals surface area contributed by atoms with E-state index >= 15 is 0 Å². The van der Waals surface area contributed by atoms with Gasteiger partial charge in [-0.25, -0.2) is 4.79 Å². The molecule has 2 aromatic rings. The van der Waals surface area contributed by atoms with Crippen LogP contribution in [0.4, 0.5) is 16.2 Å². The predicted molar refractivity (Wildman–Crippen MR) is 137 cm³/mol. The molecule has 2 aliphatic heterocycles. The number of hydrogen-bond acceptors (Lipinski definition) is 5. The van der Waals surface area contributed by atoms with Crippen LogP contribution in [-0.4, -0.2) is 59.0 Å². The van der Waals surface area contributed by atoms with Gasteiger partial charge in [0.05, 0.1) is 30.3 Å². The first-order valence-corrected chi connectivity index (χ1v) is 11.1. The van der Waals surface area contributed by atoms with Gasteiger partial charge < -0.3 is 15.1 Å². The van der Waals surface area contributed by atoms with Gasteiger partial charge in [-0.1, -0.05) is 36.5 Å². The van der Waals surface area contributed by atoms with E-state index in [0.29, 0.717) is 26.2 Å². The summed E-state index contributed by atoms with van der Waals surface area (Å²) in [6.45, 7) is 3.95. The third-order valence-corrected chi connectivity index (χ3v) is 5.13.